The van der Waals surface area contributed by atoms with Gasteiger partial charge in [0.05, 0.1) is 18.3 Å². The average molecular weight is 363 g/mol. The van der Waals surface area contributed by atoms with E-state index in [1.54, 1.807) is 32.5 Å². The first-order valence-corrected chi connectivity index (χ1v) is 8.53. The van der Waals surface area contributed by atoms with Gasteiger partial charge in [-0.05, 0) is 23.8 Å². The minimum Gasteiger partial charge on any atom is -0.380 e. The van der Waals surface area contributed by atoms with Crippen molar-refractivity contribution in [3.8, 4) is 11.1 Å². The maximum absolute atomic E-state index is 14.2. The summed E-state index contributed by atoms with van der Waals surface area (Å²) >= 11 is 0. The third-order valence-electron chi connectivity index (χ3n) is 4.65. The van der Waals surface area contributed by atoms with Gasteiger partial charge >= 0.3 is 0 Å². The molecular weight excluding hydrogens is 345 g/mol. The number of aromatic amines is 1. The van der Waals surface area contributed by atoms with Crippen LogP contribution in [-0.2, 0) is 11.3 Å². The zero-order valence-electron chi connectivity index (χ0n) is 15.0. The van der Waals surface area contributed by atoms with E-state index in [0.717, 1.165) is 27.4 Å². The fourth-order valence-corrected chi connectivity index (χ4v) is 3.42. The lowest BCUT2D eigenvalue weighted by Gasteiger charge is -2.09. The van der Waals surface area contributed by atoms with Crippen molar-refractivity contribution in [1.29, 1.82) is 0 Å². The molecule has 0 saturated carbocycles. The van der Waals surface area contributed by atoms with Crippen LogP contribution in [0.2, 0.25) is 0 Å². The monoisotopic (exact) mass is 363 g/mol. The molecule has 1 amide bonds. The normalized spacial score (nSPS) is 11.2. The molecule has 4 rings (SSSR count). The van der Waals surface area contributed by atoms with E-state index in [1.807, 2.05) is 24.3 Å². The Kier molecular flexibility index (Phi) is 4.33. The number of pyridine rings is 1. The maximum Gasteiger partial charge on any atom is 0.270 e. The molecular formula is C21H18FN3O2. The fraction of sp³-hybridized carbons (Fsp3) is 0.143. The Morgan fingerprint density at radius 3 is 2.78 bits per heavy atom. The minimum atomic E-state index is -0.276. The number of carbonyl (C=O) groups excluding carboxylic acids is 1. The van der Waals surface area contributed by atoms with E-state index in [-0.39, 0.29) is 18.3 Å². The molecule has 2 heterocycles. The van der Waals surface area contributed by atoms with Gasteiger partial charge in [0.1, 0.15) is 11.5 Å². The number of methoxy groups -OCH3 is 1. The molecule has 0 spiro atoms. The number of ether oxygens (including phenoxy) is 1. The highest BCUT2D eigenvalue weighted by Crippen LogP contribution is 2.33. The van der Waals surface area contributed by atoms with Crippen LogP contribution in [0, 0.1) is 5.82 Å². The fourth-order valence-electron chi connectivity index (χ4n) is 3.42. The molecule has 6 heteroatoms. The second-order valence-electron chi connectivity index (χ2n) is 6.25. The summed E-state index contributed by atoms with van der Waals surface area (Å²) in [5.41, 5.74) is 4.01. The van der Waals surface area contributed by atoms with Gasteiger partial charge in [-0.3, -0.25) is 4.79 Å². The van der Waals surface area contributed by atoms with Gasteiger partial charge in [-0.1, -0.05) is 24.3 Å². The molecule has 136 valence electrons. The van der Waals surface area contributed by atoms with Gasteiger partial charge in [0, 0.05) is 41.6 Å². The molecule has 4 aromatic rings. The minimum absolute atomic E-state index is 0.240. The number of benzene rings is 2. The number of carbonyl (C=O) groups is 1. The predicted molar refractivity (Wildman–Crippen MR) is 103 cm³/mol. The van der Waals surface area contributed by atoms with Gasteiger partial charge in [0.2, 0.25) is 0 Å². The van der Waals surface area contributed by atoms with Crippen LogP contribution in [-0.4, -0.2) is 30.0 Å². The summed E-state index contributed by atoms with van der Waals surface area (Å²) in [4.78, 5) is 19.9. The Hall–Kier alpha value is -3.25. The largest absolute Gasteiger partial charge is 0.380 e. The number of H-pyrrole nitrogens is 1. The van der Waals surface area contributed by atoms with E-state index in [0.29, 0.717) is 16.8 Å². The Morgan fingerprint density at radius 1 is 1.22 bits per heavy atom. The van der Waals surface area contributed by atoms with Crippen LogP contribution in [0.3, 0.4) is 0 Å². The SMILES string of the molecule is CNC(=O)c1ncc2[nH]c3ccc(-c4ccccc4F)cc3c2c1COC. The number of hydrogen-bond donors (Lipinski definition) is 2. The van der Waals surface area contributed by atoms with Crippen molar-refractivity contribution < 1.29 is 13.9 Å². The van der Waals surface area contributed by atoms with Crippen molar-refractivity contribution >= 4 is 27.7 Å². The molecule has 2 aromatic carbocycles. The number of aromatic nitrogens is 2. The molecule has 0 aliphatic rings. The quantitative estimate of drug-likeness (QED) is 0.575. The van der Waals surface area contributed by atoms with Gasteiger partial charge in [0.25, 0.3) is 5.91 Å². The summed E-state index contributed by atoms with van der Waals surface area (Å²) in [7, 11) is 3.14. The standard InChI is InChI=1S/C21H18FN3O2/c1-23-21(26)20-15(11-27-2)19-14-9-12(13-5-3-4-6-16(13)22)7-8-17(14)25-18(19)10-24-20/h3-10,25H,11H2,1-2H3,(H,23,26). The number of nitrogens with zero attached hydrogens (tertiary/aromatic N) is 1. The van der Waals surface area contributed by atoms with Gasteiger partial charge in [-0.2, -0.15) is 0 Å². The molecule has 0 saturated heterocycles. The second-order valence-corrected chi connectivity index (χ2v) is 6.25. The van der Waals surface area contributed by atoms with E-state index >= 15 is 0 Å². The highest BCUT2D eigenvalue weighted by Gasteiger charge is 2.19. The van der Waals surface area contributed by atoms with Gasteiger partial charge in [0.15, 0.2) is 0 Å². The third-order valence-corrected chi connectivity index (χ3v) is 4.65. The molecule has 0 atom stereocenters. The molecule has 0 unspecified atom stereocenters. The van der Waals surface area contributed by atoms with Gasteiger partial charge in [-0.25, -0.2) is 9.37 Å². The van der Waals surface area contributed by atoms with Crippen molar-refractivity contribution in [2.45, 2.75) is 6.61 Å². The van der Waals surface area contributed by atoms with Gasteiger partial charge in [-0.15, -0.1) is 0 Å². The Balaban J connectivity index is 2.03. The van der Waals surface area contributed by atoms with E-state index < -0.39 is 0 Å². The van der Waals surface area contributed by atoms with E-state index in [4.69, 9.17) is 4.74 Å². The van der Waals surface area contributed by atoms with Crippen LogP contribution in [0.15, 0.2) is 48.7 Å². The lowest BCUT2D eigenvalue weighted by molar-refractivity contribution is 0.0953. The van der Waals surface area contributed by atoms with Crippen molar-refractivity contribution in [3.05, 3.63) is 65.7 Å². The zero-order valence-corrected chi connectivity index (χ0v) is 15.0. The predicted octanol–water partition coefficient (Wildman–Crippen LogP) is 4.03. The molecule has 5 nitrogen and oxygen atoms in total. The van der Waals surface area contributed by atoms with E-state index in [2.05, 4.69) is 15.3 Å². The summed E-state index contributed by atoms with van der Waals surface area (Å²) in [6.45, 7) is 0.240. The van der Waals surface area contributed by atoms with Crippen molar-refractivity contribution in [2.75, 3.05) is 14.2 Å². The maximum atomic E-state index is 14.2. The van der Waals surface area contributed by atoms with Crippen LogP contribution in [0.1, 0.15) is 16.1 Å². The summed E-state index contributed by atoms with van der Waals surface area (Å²) < 4.78 is 19.6. The smallest absolute Gasteiger partial charge is 0.270 e. The van der Waals surface area contributed by atoms with Crippen LogP contribution in [0.25, 0.3) is 32.9 Å². The first kappa shape index (κ1) is 17.2. The Labute approximate surface area is 155 Å². The van der Waals surface area contributed by atoms with Crippen molar-refractivity contribution in [1.82, 2.24) is 15.3 Å². The van der Waals surface area contributed by atoms with Crippen molar-refractivity contribution in [3.63, 3.8) is 0 Å². The number of fused-ring (bicyclic) bond motifs is 3. The van der Waals surface area contributed by atoms with E-state index in [1.165, 1.54) is 6.07 Å². The molecule has 0 fully saturated rings. The Bertz CT molecular complexity index is 1170. The number of nitrogens with one attached hydrogen (secondary N) is 2. The third kappa shape index (κ3) is 2.84. The summed E-state index contributed by atoms with van der Waals surface area (Å²) in [6, 6.07) is 12.4. The highest BCUT2D eigenvalue weighted by atomic mass is 19.1. The molecule has 0 aliphatic carbocycles. The second kappa shape index (κ2) is 6.81. The first-order valence-electron chi connectivity index (χ1n) is 8.53. The Morgan fingerprint density at radius 2 is 2.04 bits per heavy atom. The topological polar surface area (TPSA) is 67.0 Å². The van der Waals surface area contributed by atoms with Crippen molar-refractivity contribution in [2.24, 2.45) is 0 Å². The van der Waals surface area contributed by atoms with Gasteiger partial charge < -0.3 is 15.0 Å². The molecule has 27 heavy (non-hydrogen) atoms. The highest BCUT2D eigenvalue weighted by molar-refractivity contribution is 6.12. The van der Waals surface area contributed by atoms with E-state index in [9.17, 15) is 9.18 Å². The van der Waals surface area contributed by atoms with Crippen LogP contribution >= 0.6 is 0 Å². The summed E-state index contributed by atoms with van der Waals surface area (Å²) in [5.74, 6) is -0.551. The summed E-state index contributed by atoms with van der Waals surface area (Å²) in [5, 5.41) is 4.37. The summed E-state index contributed by atoms with van der Waals surface area (Å²) in [6.07, 6.45) is 1.64. The van der Waals surface area contributed by atoms with Crippen LogP contribution < -0.4 is 5.32 Å². The zero-order chi connectivity index (χ0) is 19.0. The molecule has 0 bridgehead atoms. The number of halogens is 1. The average Bonchev–Trinajstić information content (AvgIpc) is 3.06. The lowest BCUT2D eigenvalue weighted by atomic mass is 10.00. The van der Waals surface area contributed by atoms with Crippen LogP contribution in [0.4, 0.5) is 4.39 Å². The first-order chi connectivity index (χ1) is 13.1. The molecule has 2 aromatic heterocycles. The lowest BCUT2D eigenvalue weighted by Crippen LogP contribution is -2.21. The number of amides is 1. The van der Waals surface area contributed by atoms with Crippen LogP contribution in [0.5, 0.6) is 0 Å². The molecule has 0 radical (unpaired) electrons. The molecule has 0 aliphatic heterocycles. The number of hydrogen-bond acceptors (Lipinski definition) is 3. The molecule has 2 N–H and O–H groups in total. The number of rotatable bonds is 4.